The summed E-state index contributed by atoms with van der Waals surface area (Å²) < 4.78 is 0. The highest BCUT2D eigenvalue weighted by Crippen LogP contribution is 2.37. The van der Waals surface area contributed by atoms with Gasteiger partial charge in [-0.3, -0.25) is 4.90 Å². The second kappa shape index (κ2) is 5.32. The molecule has 3 aromatic rings. The summed E-state index contributed by atoms with van der Waals surface area (Å²) in [7, 11) is 0. The van der Waals surface area contributed by atoms with E-state index in [2.05, 4.69) is 4.98 Å². The summed E-state index contributed by atoms with van der Waals surface area (Å²) >= 11 is 0. The predicted molar refractivity (Wildman–Crippen MR) is 84.8 cm³/mol. The second-order valence-corrected chi connectivity index (χ2v) is 4.79. The molecule has 0 saturated carbocycles. The van der Waals surface area contributed by atoms with E-state index in [9.17, 15) is 9.90 Å². The van der Waals surface area contributed by atoms with Crippen LogP contribution in [0.25, 0.3) is 22.2 Å². The number of para-hydroxylation sites is 1. The van der Waals surface area contributed by atoms with Crippen molar-refractivity contribution in [3.05, 3.63) is 54.6 Å². The predicted octanol–water partition coefficient (Wildman–Crippen LogP) is 4.34. The first-order valence-electron chi connectivity index (χ1n) is 6.89. The third-order valence-corrected chi connectivity index (χ3v) is 3.56. The van der Waals surface area contributed by atoms with Crippen LogP contribution < -0.4 is 4.90 Å². The fourth-order valence-corrected chi connectivity index (χ4v) is 2.61. The summed E-state index contributed by atoms with van der Waals surface area (Å²) in [5.74, 6) is 0. The molecule has 0 spiro atoms. The van der Waals surface area contributed by atoms with Gasteiger partial charge in [-0.2, -0.15) is 0 Å². The van der Waals surface area contributed by atoms with E-state index in [0.717, 1.165) is 22.2 Å². The summed E-state index contributed by atoms with van der Waals surface area (Å²) in [5.41, 5.74) is 3.46. The molecule has 1 aromatic heterocycles. The van der Waals surface area contributed by atoms with Crippen LogP contribution in [0.1, 0.15) is 6.92 Å². The number of benzene rings is 2. The van der Waals surface area contributed by atoms with Crippen LogP contribution in [0.2, 0.25) is 0 Å². The Hall–Kier alpha value is -2.75. The van der Waals surface area contributed by atoms with Crippen LogP contribution in [0.3, 0.4) is 0 Å². The number of nitrogens with zero attached hydrogens (tertiary/aromatic N) is 1. The van der Waals surface area contributed by atoms with E-state index in [1.165, 1.54) is 4.90 Å². The molecule has 21 heavy (non-hydrogen) atoms. The summed E-state index contributed by atoms with van der Waals surface area (Å²) in [6.45, 7) is 2.24. The zero-order valence-electron chi connectivity index (χ0n) is 11.7. The van der Waals surface area contributed by atoms with Crippen molar-refractivity contribution >= 4 is 22.7 Å². The topological polar surface area (TPSA) is 56.3 Å². The van der Waals surface area contributed by atoms with Crippen LogP contribution in [0.4, 0.5) is 10.5 Å². The van der Waals surface area contributed by atoms with Gasteiger partial charge in [0.05, 0.1) is 11.4 Å². The van der Waals surface area contributed by atoms with Gasteiger partial charge in [-0.15, -0.1) is 0 Å². The molecule has 106 valence electrons. The Morgan fingerprint density at radius 3 is 2.43 bits per heavy atom. The summed E-state index contributed by atoms with van der Waals surface area (Å²) in [6, 6.07) is 17.6. The lowest BCUT2D eigenvalue weighted by Gasteiger charge is -2.18. The van der Waals surface area contributed by atoms with E-state index in [0.29, 0.717) is 12.2 Å². The number of carboxylic acid groups (broad SMARTS) is 1. The van der Waals surface area contributed by atoms with E-state index < -0.39 is 6.09 Å². The molecule has 0 aliphatic rings. The average Bonchev–Trinajstić information content (AvgIpc) is 2.88. The maximum Gasteiger partial charge on any atom is 0.411 e. The molecule has 3 rings (SSSR count). The number of hydrogen-bond acceptors (Lipinski definition) is 1. The number of aromatic nitrogens is 1. The maximum atomic E-state index is 11.6. The zero-order chi connectivity index (χ0) is 14.8. The first-order chi connectivity index (χ1) is 10.2. The number of aromatic amines is 1. The monoisotopic (exact) mass is 280 g/mol. The first-order valence-corrected chi connectivity index (χ1v) is 6.89. The smallest absolute Gasteiger partial charge is 0.411 e. The van der Waals surface area contributed by atoms with Gasteiger partial charge in [0.15, 0.2) is 0 Å². The van der Waals surface area contributed by atoms with Gasteiger partial charge in [-0.25, -0.2) is 4.79 Å². The third-order valence-electron chi connectivity index (χ3n) is 3.56. The van der Waals surface area contributed by atoms with Gasteiger partial charge >= 0.3 is 6.09 Å². The van der Waals surface area contributed by atoms with Crippen molar-refractivity contribution in [3.63, 3.8) is 0 Å². The molecule has 2 aromatic carbocycles. The third kappa shape index (κ3) is 2.25. The van der Waals surface area contributed by atoms with Gasteiger partial charge < -0.3 is 10.1 Å². The fourth-order valence-electron chi connectivity index (χ4n) is 2.61. The molecule has 0 saturated heterocycles. The van der Waals surface area contributed by atoms with Gasteiger partial charge in [-0.1, -0.05) is 48.5 Å². The molecule has 4 nitrogen and oxygen atoms in total. The van der Waals surface area contributed by atoms with Gasteiger partial charge in [0.25, 0.3) is 0 Å². The largest absolute Gasteiger partial charge is 0.465 e. The normalized spacial score (nSPS) is 10.7. The summed E-state index contributed by atoms with van der Waals surface area (Å²) in [6.07, 6.45) is -0.945. The van der Waals surface area contributed by atoms with Crippen LogP contribution in [0, 0.1) is 0 Å². The van der Waals surface area contributed by atoms with Crippen molar-refractivity contribution in [2.24, 2.45) is 0 Å². The number of carbonyl (C=O) groups is 1. The molecule has 0 aliphatic carbocycles. The molecule has 0 fully saturated rings. The summed E-state index contributed by atoms with van der Waals surface area (Å²) in [5, 5.41) is 10.4. The molecule has 0 radical (unpaired) electrons. The highest BCUT2D eigenvalue weighted by molar-refractivity contribution is 6.07. The Morgan fingerprint density at radius 2 is 1.76 bits per heavy atom. The molecule has 0 unspecified atom stereocenters. The van der Waals surface area contributed by atoms with Crippen LogP contribution in [0.15, 0.2) is 54.6 Å². The highest BCUT2D eigenvalue weighted by atomic mass is 16.4. The Kier molecular flexibility index (Phi) is 3.36. The first kappa shape index (κ1) is 13.2. The van der Waals surface area contributed by atoms with Crippen LogP contribution in [-0.4, -0.2) is 22.7 Å². The molecule has 0 atom stereocenters. The van der Waals surface area contributed by atoms with Crippen molar-refractivity contribution in [1.29, 1.82) is 0 Å². The lowest BCUT2D eigenvalue weighted by atomic mass is 10.1. The minimum absolute atomic E-state index is 0.400. The van der Waals surface area contributed by atoms with Gasteiger partial charge in [0.1, 0.15) is 0 Å². The standard InChI is InChI=1S/C17H16N2O2/c1-2-19(17(20)21)16-13-10-6-7-11-14(13)18-15(16)12-8-4-3-5-9-12/h3-11,18H,2H2,1H3,(H,20,21). The zero-order valence-corrected chi connectivity index (χ0v) is 11.7. The number of anilines is 1. The number of H-pyrrole nitrogens is 1. The number of nitrogens with one attached hydrogen (secondary N) is 1. The fraction of sp³-hybridized carbons (Fsp3) is 0.118. The summed E-state index contributed by atoms with van der Waals surface area (Å²) in [4.78, 5) is 16.3. The molecule has 2 N–H and O–H groups in total. The number of fused-ring (bicyclic) bond motifs is 1. The second-order valence-electron chi connectivity index (χ2n) is 4.79. The van der Waals surface area contributed by atoms with Crippen molar-refractivity contribution in [2.45, 2.75) is 6.92 Å². The minimum Gasteiger partial charge on any atom is -0.465 e. The molecule has 1 heterocycles. The van der Waals surface area contributed by atoms with Crippen molar-refractivity contribution in [1.82, 2.24) is 4.98 Å². The van der Waals surface area contributed by atoms with Crippen molar-refractivity contribution in [2.75, 3.05) is 11.4 Å². The molecule has 0 bridgehead atoms. The van der Waals surface area contributed by atoms with E-state index in [1.54, 1.807) is 0 Å². The lowest BCUT2D eigenvalue weighted by molar-refractivity contribution is 0.202. The average molecular weight is 280 g/mol. The maximum absolute atomic E-state index is 11.6. The van der Waals surface area contributed by atoms with Gasteiger partial charge in [-0.05, 0) is 13.0 Å². The van der Waals surface area contributed by atoms with Gasteiger partial charge in [0.2, 0.25) is 0 Å². The van der Waals surface area contributed by atoms with E-state index in [1.807, 2.05) is 61.5 Å². The Bertz CT molecular complexity index is 778. The van der Waals surface area contributed by atoms with Crippen LogP contribution in [0.5, 0.6) is 0 Å². The highest BCUT2D eigenvalue weighted by Gasteiger charge is 2.22. The quantitative estimate of drug-likeness (QED) is 0.749. The van der Waals surface area contributed by atoms with Crippen LogP contribution >= 0.6 is 0 Å². The molecular weight excluding hydrogens is 264 g/mol. The number of hydrogen-bond donors (Lipinski definition) is 2. The van der Waals surface area contributed by atoms with E-state index in [-0.39, 0.29) is 0 Å². The molecule has 0 aliphatic heterocycles. The van der Waals surface area contributed by atoms with Crippen molar-refractivity contribution < 1.29 is 9.90 Å². The van der Waals surface area contributed by atoms with Crippen molar-refractivity contribution in [3.8, 4) is 11.3 Å². The van der Waals surface area contributed by atoms with E-state index >= 15 is 0 Å². The van der Waals surface area contributed by atoms with Crippen LogP contribution in [-0.2, 0) is 0 Å². The number of amides is 1. The minimum atomic E-state index is -0.945. The molecule has 4 heteroatoms. The SMILES string of the molecule is CCN(C(=O)O)c1c(-c2ccccc2)[nH]c2ccccc12. The number of rotatable bonds is 3. The Labute approximate surface area is 122 Å². The Morgan fingerprint density at radius 1 is 1.10 bits per heavy atom. The Balaban J connectivity index is 2.31. The van der Waals surface area contributed by atoms with Gasteiger partial charge in [0, 0.05) is 23.0 Å². The molecule has 1 amide bonds. The lowest BCUT2D eigenvalue weighted by Crippen LogP contribution is -2.28. The molecular formula is C17H16N2O2. The van der Waals surface area contributed by atoms with E-state index in [4.69, 9.17) is 0 Å².